The van der Waals surface area contributed by atoms with Crippen LogP contribution < -0.4 is 0 Å². The fourth-order valence-corrected chi connectivity index (χ4v) is 3.97. The molecule has 0 unspecified atom stereocenters. The topological polar surface area (TPSA) is 0 Å². The molecule has 0 amide bonds. The Morgan fingerprint density at radius 1 is 0.806 bits per heavy atom. The van der Waals surface area contributed by atoms with Crippen molar-refractivity contribution in [2.75, 3.05) is 0 Å². The molecule has 1 heteroatoms. The molecule has 3 aromatic carbocycles. The number of benzene rings is 1. The van der Waals surface area contributed by atoms with Gasteiger partial charge < -0.3 is 37.1 Å². The first-order chi connectivity index (χ1) is 12.4. The van der Waals surface area contributed by atoms with Crippen molar-refractivity contribution < 1.29 is 25.8 Å². The molecule has 178 valence electrons. The van der Waals surface area contributed by atoms with Gasteiger partial charge in [-0.05, 0) is 19.3 Å². The number of rotatable bonds is 7. The standard InChI is InChI=1S/C20H27.C5H5.5CH3.Hf/c1-2-3-4-5-6-7-9-16-12-13-19-14-17-10-8-11-18(17)15-20(16)19;1-2-4-5-3-1;;;;;;/h12-15H,2-11H2,1H3;1-5H;5*1H3;/q7*-1;. The zero-order chi connectivity index (χ0) is 17.3. The molecule has 0 fully saturated rings. The summed E-state index contributed by atoms with van der Waals surface area (Å²) >= 11 is 0. The van der Waals surface area contributed by atoms with Crippen LogP contribution in [0, 0.1) is 37.1 Å². The molecule has 0 radical (unpaired) electrons. The van der Waals surface area contributed by atoms with Crippen LogP contribution in [0.2, 0.25) is 0 Å². The van der Waals surface area contributed by atoms with Crippen molar-refractivity contribution >= 4 is 10.8 Å². The summed E-state index contributed by atoms with van der Waals surface area (Å²) in [7, 11) is 0. The number of fused-ring (bicyclic) bond motifs is 2. The Morgan fingerprint density at radius 3 is 1.97 bits per heavy atom. The van der Waals surface area contributed by atoms with Gasteiger partial charge in [0, 0.05) is 25.8 Å². The van der Waals surface area contributed by atoms with Crippen molar-refractivity contribution in [1.29, 1.82) is 0 Å². The van der Waals surface area contributed by atoms with Crippen LogP contribution in [0.3, 0.4) is 0 Å². The molecule has 0 spiro atoms. The van der Waals surface area contributed by atoms with Crippen molar-refractivity contribution in [3.8, 4) is 0 Å². The van der Waals surface area contributed by atoms with E-state index in [0.29, 0.717) is 0 Å². The second-order valence-electron chi connectivity index (χ2n) is 7.40. The summed E-state index contributed by atoms with van der Waals surface area (Å²) < 4.78 is 0. The van der Waals surface area contributed by atoms with Crippen molar-refractivity contribution in [2.45, 2.75) is 71.1 Å². The fraction of sp³-hybridized carbons (Fsp3) is 0.367. The number of unbranched alkanes of at least 4 members (excludes halogenated alkanes) is 5. The van der Waals surface area contributed by atoms with Crippen LogP contribution in [-0.4, -0.2) is 0 Å². The molecular formula is C30H47Hf-7. The molecule has 31 heavy (non-hydrogen) atoms. The minimum Gasteiger partial charge on any atom is -0.358 e. The van der Waals surface area contributed by atoms with Crippen LogP contribution in [0.15, 0.2) is 54.6 Å². The van der Waals surface area contributed by atoms with Crippen molar-refractivity contribution in [3.05, 3.63) is 108 Å². The predicted molar refractivity (Wildman–Crippen MR) is 143 cm³/mol. The van der Waals surface area contributed by atoms with Gasteiger partial charge in [0.25, 0.3) is 0 Å². The third kappa shape index (κ3) is 11.5. The molecule has 0 aromatic heterocycles. The van der Waals surface area contributed by atoms with Crippen LogP contribution in [0.25, 0.3) is 10.8 Å². The molecule has 0 heterocycles. The Kier molecular flexibility index (Phi) is 25.2. The smallest absolute Gasteiger partial charge is 0 e. The maximum absolute atomic E-state index is 2.49. The Labute approximate surface area is 215 Å². The molecule has 4 rings (SSSR count). The van der Waals surface area contributed by atoms with E-state index < -0.39 is 0 Å². The Morgan fingerprint density at radius 2 is 1.39 bits per heavy atom. The molecule has 0 atom stereocenters. The average Bonchev–Trinajstić information content (AvgIpc) is 3.38. The maximum Gasteiger partial charge on any atom is 0 e. The van der Waals surface area contributed by atoms with Gasteiger partial charge in [-0.25, -0.2) is 12.1 Å². The van der Waals surface area contributed by atoms with E-state index in [0.717, 1.165) is 0 Å². The first-order valence-corrected chi connectivity index (χ1v) is 10.2. The van der Waals surface area contributed by atoms with Gasteiger partial charge in [0.15, 0.2) is 0 Å². The second-order valence-corrected chi connectivity index (χ2v) is 7.40. The van der Waals surface area contributed by atoms with Gasteiger partial charge >= 0.3 is 0 Å². The minimum absolute atomic E-state index is 0. The zero-order valence-corrected chi connectivity index (χ0v) is 24.9. The van der Waals surface area contributed by atoms with E-state index in [2.05, 4.69) is 31.2 Å². The van der Waals surface area contributed by atoms with Crippen molar-refractivity contribution in [1.82, 2.24) is 0 Å². The van der Waals surface area contributed by atoms with Gasteiger partial charge in [0.05, 0.1) is 0 Å². The monoisotopic (exact) mass is 587 g/mol. The van der Waals surface area contributed by atoms with Gasteiger partial charge in [0.1, 0.15) is 0 Å². The summed E-state index contributed by atoms with van der Waals surface area (Å²) in [5.41, 5.74) is 4.81. The fourth-order valence-electron chi connectivity index (χ4n) is 3.97. The van der Waals surface area contributed by atoms with Crippen LogP contribution in [0.4, 0.5) is 0 Å². The molecule has 0 saturated carbocycles. The summed E-state index contributed by atoms with van der Waals surface area (Å²) in [6.45, 7) is 2.29. The number of hydrogen-bond donors (Lipinski definition) is 0. The van der Waals surface area contributed by atoms with E-state index in [9.17, 15) is 0 Å². The van der Waals surface area contributed by atoms with E-state index >= 15 is 0 Å². The van der Waals surface area contributed by atoms with E-state index in [4.69, 9.17) is 0 Å². The van der Waals surface area contributed by atoms with E-state index in [-0.39, 0.29) is 63.0 Å². The predicted octanol–water partition coefficient (Wildman–Crippen LogP) is 9.60. The molecule has 0 nitrogen and oxygen atoms in total. The zero-order valence-electron chi connectivity index (χ0n) is 21.3. The van der Waals surface area contributed by atoms with Gasteiger partial charge in [-0.1, -0.05) is 63.0 Å². The van der Waals surface area contributed by atoms with Crippen LogP contribution in [0.5, 0.6) is 0 Å². The van der Waals surface area contributed by atoms with E-state index in [1.54, 1.807) is 22.1 Å². The molecule has 1 aliphatic carbocycles. The molecule has 0 N–H and O–H groups in total. The summed E-state index contributed by atoms with van der Waals surface area (Å²) in [6.07, 6.45) is 13.6. The second kappa shape index (κ2) is 20.9. The first kappa shape index (κ1) is 37.4. The molecule has 0 aliphatic heterocycles. The van der Waals surface area contributed by atoms with E-state index in [1.807, 2.05) is 30.3 Å². The van der Waals surface area contributed by atoms with Gasteiger partial charge in [-0.15, -0.1) is 34.5 Å². The third-order valence-corrected chi connectivity index (χ3v) is 5.43. The summed E-state index contributed by atoms with van der Waals surface area (Å²) in [4.78, 5) is 0. The van der Waals surface area contributed by atoms with Crippen LogP contribution >= 0.6 is 0 Å². The van der Waals surface area contributed by atoms with Crippen molar-refractivity contribution in [3.63, 3.8) is 0 Å². The minimum atomic E-state index is 0. The molecular weight excluding hydrogens is 539 g/mol. The molecule has 1 aliphatic rings. The number of hydrogen-bond acceptors (Lipinski definition) is 0. The molecule has 0 bridgehead atoms. The van der Waals surface area contributed by atoms with Crippen LogP contribution in [0.1, 0.15) is 68.6 Å². The van der Waals surface area contributed by atoms with Gasteiger partial charge in [-0.2, -0.15) is 24.3 Å². The van der Waals surface area contributed by atoms with E-state index in [1.165, 1.54) is 69.6 Å². The SMILES string of the molecule is CCCCCCCC[c-]1ccc2cc3c(cc21)CCC3.[CH3-].[CH3-].[CH3-].[CH3-].[CH3-].[Hf].c1cc[cH-]c1. The molecule has 0 saturated heterocycles. The first-order valence-electron chi connectivity index (χ1n) is 10.2. The summed E-state index contributed by atoms with van der Waals surface area (Å²) in [5, 5.41) is 3.02. The van der Waals surface area contributed by atoms with Crippen molar-refractivity contribution in [2.24, 2.45) is 0 Å². The average molecular weight is 586 g/mol. The Hall–Kier alpha value is -0.950. The van der Waals surface area contributed by atoms with Gasteiger partial charge in [-0.3, -0.25) is 0 Å². The maximum atomic E-state index is 2.49. The summed E-state index contributed by atoms with van der Waals surface area (Å²) in [6, 6.07) is 19.6. The number of aryl methyl sites for hydroxylation is 3. The van der Waals surface area contributed by atoms with Crippen LogP contribution in [-0.2, 0) is 45.1 Å². The third-order valence-electron chi connectivity index (χ3n) is 5.43. The Bertz CT molecular complexity index is 716. The molecule has 3 aromatic rings. The van der Waals surface area contributed by atoms with Gasteiger partial charge in [0.2, 0.25) is 0 Å². The Balaban J connectivity index is -0.000000296. The summed E-state index contributed by atoms with van der Waals surface area (Å²) in [5.74, 6) is 0. The normalized spacial score (nSPS) is 10.4. The largest absolute Gasteiger partial charge is 0.358 e. The quantitative estimate of drug-likeness (QED) is 0.147.